The summed E-state index contributed by atoms with van der Waals surface area (Å²) in [7, 11) is 0. The Labute approximate surface area is 225 Å². The Hall–Kier alpha value is -2.84. The third kappa shape index (κ3) is 4.27. The van der Waals surface area contributed by atoms with Gasteiger partial charge in [0.2, 0.25) is 17.7 Å². The quantitative estimate of drug-likeness (QED) is 0.462. The molecule has 5 aliphatic rings. The van der Waals surface area contributed by atoms with Crippen LogP contribution in [0.2, 0.25) is 0 Å². The predicted molar refractivity (Wildman–Crippen MR) is 131 cm³/mol. The van der Waals surface area contributed by atoms with Crippen molar-refractivity contribution in [3.63, 3.8) is 0 Å². The van der Waals surface area contributed by atoms with Crippen molar-refractivity contribution in [2.45, 2.75) is 89.0 Å². The SMILES string of the molecule is CC(C)(C)[C@H](NC(=O)C(F)(F)F)C(=O)N1CC2C3CCC(C3)C2C1(C(N)=O)[C@@H](C#N)C[C@@H]1CC2(CC2)NC1=O. The second-order valence-electron chi connectivity index (χ2n) is 13.5. The number of hydrogen-bond acceptors (Lipinski definition) is 5. The van der Waals surface area contributed by atoms with Crippen LogP contribution in [0.5, 0.6) is 0 Å². The van der Waals surface area contributed by atoms with Gasteiger partial charge in [-0.3, -0.25) is 19.2 Å². The lowest BCUT2D eigenvalue weighted by molar-refractivity contribution is -0.176. The Bertz CT molecular complexity index is 1140. The maximum absolute atomic E-state index is 14.2. The molecule has 0 aromatic rings. The summed E-state index contributed by atoms with van der Waals surface area (Å²) in [6.45, 7) is 4.65. The van der Waals surface area contributed by atoms with Crippen LogP contribution in [0, 0.1) is 52.3 Å². The first-order chi connectivity index (χ1) is 18.0. The lowest BCUT2D eigenvalue weighted by atomic mass is 9.64. The van der Waals surface area contributed by atoms with E-state index in [1.165, 1.54) is 25.7 Å². The summed E-state index contributed by atoms with van der Waals surface area (Å²) in [6, 6.07) is 0.599. The van der Waals surface area contributed by atoms with Gasteiger partial charge >= 0.3 is 12.1 Å². The molecule has 39 heavy (non-hydrogen) atoms. The summed E-state index contributed by atoms with van der Waals surface area (Å²) in [5.74, 6) is -6.18. The number of rotatable bonds is 6. The number of hydrogen-bond donors (Lipinski definition) is 3. The highest BCUT2D eigenvalue weighted by Crippen LogP contribution is 2.63. The number of nitrogens with one attached hydrogen (secondary N) is 2. The number of nitrogens with two attached hydrogens (primary N) is 1. The van der Waals surface area contributed by atoms with E-state index in [1.807, 2.05) is 5.32 Å². The van der Waals surface area contributed by atoms with E-state index in [1.54, 1.807) is 0 Å². The minimum atomic E-state index is -5.21. The average Bonchev–Trinajstić information content (AvgIpc) is 3.17. The lowest BCUT2D eigenvalue weighted by Gasteiger charge is -2.47. The molecule has 3 aliphatic carbocycles. The summed E-state index contributed by atoms with van der Waals surface area (Å²) in [6.07, 6.45) is -0.425. The van der Waals surface area contributed by atoms with E-state index in [-0.39, 0.29) is 42.2 Å². The van der Waals surface area contributed by atoms with Crippen LogP contribution < -0.4 is 16.4 Å². The molecule has 5 fully saturated rings. The number of alkyl halides is 3. The van der Waals surface area contributed by atoms with Gasteiger partial charge in [0, 0.05) is 23.9 Å². The highest BCUT2D eigenvalue weighted by atomic mass is 19.4. The zero-order valence-electron chi connectivity index (χ0n) is 22.4. The van der Waals surface area contributed by atoms with Crippen molar-refractivity contribution in [3.05, 3.63) is 0 Å². The molecule has 2 heterocycles. The molecular formula is C27H36F3N5O4. The molecule has 5 rings (SSSR count). The minimum Gasteiger partial charge on any atom is -0.368 e. The number of halogens is 3. The van der Waals surface area contributed by atoms with Crippen molar-refractivity contribution in [1.29, 1.82) is 5.26 Å². The van der Waals surface area contributed by atoms with Gasteiger partial charge in [0.15, 0.2) is 0 Å². The Morgan fingerprint density at radius 2 is 1.85 bits per heavy atom. The van der Waals surface area contributed by atoms with Gasteiger partial charge in [-0.25, -0.2) is 0 Å². The van der Waals surface area contributed by atoms with E-state index >= 15 is 0 Å². The van der Waals surface area contributed by atoms with Gasteiger partial charge in [0.05, 0.1) is 12.0 Å². The van der Waals surface area contributed by atoms with Crippen LogP contribution in [0.3, 0.4) is 0 Å². The highest BCUT2D eigenvalue weighted by molar-refractivity contribution is 5.96. The number of carbonyl (C=O) groups excluding carboxylic acids is 4. The van der Waals surface area contributed by atoms with Crippen molar-refractivity contribution in [1.82, 2.24) is 15.5 Å². The standard InChI is InChI=1S/C27H36F3N5O4/c1-24(2,3)19(33-23(39)27(28,29)30)21(37)35-12-17-13-4-5-14(8-13)18(17)26(35,22(32)38)16(11-31)9-15-10-25(6-7-25)34-20(15)36/h13-19H,4-10,12H2,1-3H3,(H2,32,38)(H,33,39)(H,34,36)/t13?,14?,15-,16-,17?,18?,19-,26?/m1/s1. The largest absolute Gasteiger partial charge is 0.471 e. The molecule has 12 heteroatoms. The number of nitriles is 1. The molecule has 2 bridgehead atoms. The van der Waals surface area contributed by atoms with Crippen LogP contribution in [-0.2, 0) is 19.2 Å². The Kier molecular flexibility index (Phi) is 6.28. The Morgan fingerprint density at radius 1 is 1.21 bits per heavy atom. The number of fused-ring (bicyclic) bond motifs is 5. The van der Waals surface area contributed by atoms with Gasteiger partial charge in [-0.2, -0.15) is 18.4 Å². The van der Waals surface area contributed by atoms with E-state index in [2.05, 4.69) is 11.4 Å². The van der Waals surface area contributed by atoms with E-state index in [0.717, 1.165) is 32.1 Å². The molecular weight excluding hydrogens is 515 g/mol. The maximum atomic E-state index is 14.2. The molecule has 3 saturated carbocycles. The molecule has 4 N–H and O–H groups in total. The van der Waals surface area contributed by atoms with E-state index in [9.17, 15) is 37.6 Å². The van der Waals surface area contributed by atoms with Gasteiger partial charge in [-0.05, 0) is 68.1 Å². The normalized spacial score (nSPS) is 35.8. The molecule has 214 valence electrons. The first-order valence-electron chi connectivity index (χ1n) is 13.8. The van der Waals surface area contributed by atoms with E-state index in [4.69, 9.17) is 5.73 Å². The third-order valence-electron chi connectivity index (χ3n) is 10.2. The number of likely N-dealkylation sites (tertiary alicyclic amines) is 1. The molecule has 0 radical (unpaired) electrons. The van der Waals surface area contributed by atoms with Gasteiger partial charge in [0.1, 0.15) is 11.6 Å². The van der Waals surface area contributed by atoms with Crippen LogP contribution in [-0.4, -0.2) is 58.4 Å². The molecule has 5 unspecified atom stereocenters. The molecule has 0 aromatic carbocycles. The summed E-state index contributed by atoms with van der Waals surface area (Å²) in [5.41, 5.74) is 2.93. The van der Waals surface area contributed by atoms with Crippen molar-refractivity contribution < 1.29 is 32.3 Å². The molecule has 8 atom stereocenters. The van der Waals surface area contributed by atoms with Crippen LogP contribution in [0.4, 0.5) is 13.2 Å². The van der Waals surface area contributed by atoms with Crippen molar-refractivity contribution in [3.8, 4) is 6.07 Å². The first-order valence-corrected chi connectivity index (χ1v) is 13.8. The molecule has 0 aromatic heterocycles. The average molecular weight is 552 g/mol. The van der Waals surface area contributed by atoms with Crippen LogP contribution in [0.25, 0.3) is 0 Å². The molecule has 4 amide bonds. The molecule has 2 saturated heterocycles. The molecule has 2 aliphatic heterocycles. The van der Waals surface area contributed by atoms with Gasteiger partial charge in [-0.1, -0.05) is 20.8 Å². The smallest absolute Gasteiger partial charge is 0.368 e. The number of amides is 4. The van der Waals surface area contributed by atoms with Crippen molar-refractivity contribution >= 4 is 23.6 Å². The summed E-state index contributed by atoms with van der Waals surface area (Å²) >= 11 is 0. The zero-order chi connectivity index (χ0) is 28.7. The van der Waals surface area contributed by atoms with Crippen LogP contribution >= 0.6 is 0 Å². The Morgan fingerprint density at radius 3 is 2.36 bits per heavy atom. The van der Waals surface area contributed by atoms with Crippen LogP contribution in [0.1, 0.15) is 65.7 Å². The zero-order valence-corrected chi connectivity index (χ0v) is 22.4. The summed E-state index contributed by atoms with van der Waals surface area (Å²) in [5, 5.41) is 15.3. The number of nitrogens with zero attached hydrogens (tertiary/aromatic N) is 2. The second kappa shape index (κ2) is 8.83. The monoisotopic (exact) mass is 551 g/mol. The molecule has 9 nitrogen and oxygen atoms in total. The topological polar surface area (TPSA) is 145 Å². The minimum absolute atomic E-state index is 0.0203. The van der Waals surface area contributed by atoms with E-state index in [0.29, 0.717) is 6.42 Å². The summed E-state index contributed by atoms with van der Waals surface area (Å²) < 4.78 is 39.7. The highest BCUT2D eigenvalue weighted by Gasteiger charge is 2.71. The first kappa shape index (κ1) is 27.7. The van der Waals surface area contributed by atoms with E-state index < -0.39 is 58.6 Å². The fraction of sp³-hybridized carbons (Fsp3) is 0.815. The second-order valence-corrected chi connectivity index (χ2v) is 13.5. The fourth-order valence-electron chi connectivity index (χ4n) is 8.34. The lowest BCUT2D eigenvalue weighted by Crippen LogP contribution is -2.68. The third-order valence-corrected chi connectivity index (χ3v) is 10.2. The number of primary amides is 1. The van der Waals surface area contributed by atoms with Crippen molar-refractivity contribution in [2.75, 3.05) is 6.54 Å². The Balaban J connectivity index is 1.56. The predicted octanol–water partition coefficient (Wildman–Crippen LogP) is 2.01. The number of carbonyl (C=O) groups is 4. The van der Waals surface area contributed by atoms with Gasteiger partial charge in [0.25, 0.3) is 0 Å². The van der Waals surface area contributed by atoms with Crippen LogP contribution in [0.15, 0.2) is 0 Å². The maximum Gasteiger partial charge on any atom is 0.471 e. The fourth-order valence-corrected chi connectivity index (χ4v) is 8.34. The van der Waals surface area contributed by atoms with Gasteiger partial charge in [-0.15, -0.1) is 0 Å². The van der Waals surface area contributed by atoms with Crippen molar-refractivity contribution in [2.24, 2.45) is 46.7 Å². The molecule has 1 spiro atoms. The summed E-state index contributed by atoms with van der Waals surface area (Å²) in [4.78, 5) is 53.9. The van der Waals surface area contributed by atoms with Gasteiger partial charge < -0.3 is 21.3 Å².